The van der Waals surface area contributed by atoms with Gasteiger partial charge < -0.3 is 9.47 Å². The molecule has 2 unspecified atom stereocenters. The van der Waals surface area contributed by atoms with Gasteiger partial charge in [0.25, 0.3) is 0 Å². The fourth-order valence-electron chi connectivity index (χ4n) is 0.884. The first-order valence-corrected chi connectivity index (χ1v) is 5.66. The molecule has 4 nitrogen and oxygen atoms in total. The summed E-state index contributed by atoms with van der Waals surface area (Å²) in [7, 11) is 0. The van der Waals surface area contributed by atoms with Crippen molar-refractivity contribution in [2.24, 2.45) is 0 Å². The highest BCUT2D eigenvalue weighted by Crippen LogP contribution is 2.28. The van der Waals surface area contributed by atoms with E-state index in [4.69, 9.17) is 21.1 Å². The van der Waals surface area contributed by atoms with Crippen LogP contribution in [0.1, 0.15) is 13.8 Å². The summed E-state index contributed by atoms with van der Waals surface area (Å²) in [5, 5.41) is -0.558. The van der Waals surface area contributed by atoms with E-state index >= 15 is 0 Å². The smallest absolute Gasteiger partial charge is 0.432 e. The second-order valence-electron chi connectivity index (χ2n) is 3.07. The Bertz CT molecular complexity index is 243. The van der Waals surface area contributed by atoms with Crippen LogP contribution in [0.3, 0.4) is 0 Å². The minimum Gasteiger partial charge on any atom is -0.432 e. The highest BCUT2D eigenvalue weighted by Gasteiger charge is 2.36. The average molecular weight is 239 g/mol. The number of ether oxygens (including phenoxy) is 2. The molecule has 0 saturated carbocycles. The standard InChI is InChI=1S/C8H11ClO4S/c1-4(2)12-8(11)13-7-6(10)5(9)3-14-7/h4-5,7H,3H2,1-2H3. The molecule has 1 aliphatic heterocycles. The van der Waals surface area contributed by atoms with Crippen LogP contribution in [0.25, 0.3) is 0 Å². The highest BCUT2D eigenvalue weighted by atomic mass is 35.5. The summed E-state index contributed by atoms with van der Waals surface area (Å²) in [6.45, 7) is 3.41. The van der Waals surface area contributed by atoms with Crippen LogP contribution in [0.15, 0.2) is 0 Å². The van der Waals surface area contributed by atoms with Crippen molar-refractivity contribution in [1.29, 1.82) is 0 Å². The second kappa shape index (κ2) is 4.89. The van der Waals surface area contributed by atoms with Crippen molar-refractivity contribution in [2.75, 3.05) is 5.75 Å². The summed E-state index contributed by atoms with van der Waals surface area (Å²) < 4.78 is 9.50. The van der Waals surface area contributed by atoms with E-state index < -0.39 is 17.0 Å². The molecule has 2 atom stereocenters. The number of ketones is 1. The van der Waals surface area contributed by atoms with Crippen LogP contribution in [-0.4, -0.2) is 34.6 Å². The van der Waals surface area contributed by atoms with E-state index in [1.807, 2.05) is 0 Å². The van der Waals surface area contributed by atoms with Crippen molar-refractivity contribution in [1.82, 2.24) is 0 Å². The third kappa shape index (κ3) is 3.06. The summed E-state index contributed by atoms with van der Waals surface area (Å²) in [6.07, 6.45) is -1.08. The van der Waals surface area contributed by atoms with Crippen LogP contribution < -0.4 is 0 Å². The van der Waals surface area contributed by atoms with Crippen molar-refractivity contribution >= 4 is 35.3 Å². The van der Waals surface area contributed by atoms with E-state index in [1.165, 1.54) is 11.8 Å². The summed E-state index contributed by atoms with van der Waals surface area (Å²) in [4.78, 5) is 22.2. The molecule has 6 heteroatoms. The minimum absolute atomic E-state index is 0.254. The van der Waals surface area contributed by atoms with Gasteiger partial charge in [-0.15, -0.1) is 23.4 Å². The first kappa shape index (κ1) is 11.7. The van der Waals surface area contributed by atoms with Gasteiger partial charge in [0.2, 0.25) is 11.2 Å². The Morgan fingerprint density at radius 3 is 2.71 bits per heavy atom. The lowest BCUT2D eigenvalue weighted by Crippen LogP contribution is -2.25. The zero-order valence-electron chi connectivity index (χ0n) is 7.86. The predicted octanol–water partition coefficient (Wildman–Crippen LogP) is 1.80. The maximum atomic E-state index is 11.2. The maximum absolute atomic E-state index is 11.2. The zero-order valence-corrected chi connectivity index (χ0v) is 9.43. The summed E-state index contributed by atoms with van der Waals surface area (Å²) in [5.41, 5.74) is -0.802. The molecule has 1 heterocycles. The summed E-state index contributed by atoms with van der Waals surface area (Å²) in [5.74, 6) is 0.206. The maximum Gasteiger partial charge on any atom is 0.510 e. The van der Waals surface area contributed by atoms with Crippen molar-refractivity contribution in [2.45, 2.75) is 30.8 Å². The molecule has 0 amide bonds. The first-order valence-electron chi connectivity index (χ1n) is 4.17. The Balaban J connectivity index is 2.38. The van der Waals surface area contributed by atoms with E-state index in [1.54, 1.807) is 13.8 Å². The molecule has 0 aliphatic carbocycles. The number of hydrogen-bond donors (Lipinski definition) is 0. The number of carbonyl (C=O) groups is 2. The fourth-order valence-corrected chi connectivity index (χ4v) is 2.27. The van der Waals surface area contributed by atoms with Gasteiger partial charge in [-0.05, 0) is 13.8 Å². The summed E-state index contributed by atoms with van der Waals surface area (Å²) >= 11 is 6.85. The molecule has 1 rings (SSSR count). The van der Waals surface area contributed by atoms with Crippen molar-refractivity contribution in [3.8, 4) is 0 Å². The van der Waals surface area contributed by atoms with Gasteiger partial charge in [0.15, 0.2) is 0 Å². The molecule has 0 spiro atoms. The molecule has 80 valence electrons. The molecule has 1 aliphatic rings. The van der Waals surface area contributed by atoms with E-state index in [2.05, 4.69) is 0 Å². The molecule has 0 bridgehead atoms. The van der Waals surface area contributed by atoms with Crippen LogP contribution in [-0.2, 0) is 14.3 Å². The topological polar surface area (TPSA) is 52.6 Å². The normalized spacial score (nSPS) is 26.7. The SMILES string of the molecule is CC(C)OC(=O)OC1SCC(Cl)C1=O. The lowest BCUT2D eigenvalue weighted by Gasteiger charge is -2.11. The molecule has 1 fully saturated rings. The van der Waals surface area contributed by atoms with Gasteiger partial charge in [-0.2, -0.15) is 0 Å². The lowest BCUT2D eigenvalue weighted by atomic mass is 10.3. The number of alkyl halides is 1. The number of Topliss-reactive ketones (excluding diaryl/α,β-unsaturated/α-hetero) is 1. The quantitative estimate of drug-likeness (QED) is 0.542. The Morgan fingerprint density at radius 1 is 1.64 bits per heavy atom. The largest absolute Gasteiger partial charge is 0.510 e. The van der Waals surface area contributed by atoms with Crippen LogP contribution in [0.4, 0.5) is 4.79 Å². The number of rotatable bonds is 2. The van der Waals surface area contributed by atoms with Gasteiger partial charge in [-0.3, -0.25) is 4.79 Å². The Hall–Kier alpha value is -0.420. The lowest BCUT2D eigenvalue weighted by molar-refractivity contribution is -0.123. The number of thioether (sulfide) groups is 1. The molecular formula is C8H11ClO4S. The monoisotopic (exact) mass is 238 g/mol. The van der Waals surface area contributed by atoms with Crippen molar-refractivity contribution in [3.05, 3.63) is 0 Å². The van der Waals surface area contributed by atoms with Crippen LogP contribution in [0, 0.1) is 0 Å². The van der Waals surface area contributed by atoms with Crippen LogP contribution in [0.5, 0.6) is 0 Å². The molecule has 0 aromatic carbocycles. The van der Waals surface area contributed by atoms with Crippen molar-refractivity contribution < 1.29 is 19.1 Å². The Labute approximate surface area is 91.3 Å². The second-order valence-corrected chi connectivity index (χ2v) is 4.69. The van der Waals surface area contributed by atoms with Gasteiger partial charge in [-0.1, -0.05) is 0 Å². The first-order chi connectivity index (χ1) is 6.50. The molecule has 0 aromatic heterocycles. The van der Waals surface area contributed by atoms with E-state index in [0.29, 0.717) is 5.75 Å². The van der Waals surface area contributed by atoms with E-state index in [9.17, 15) is 9.59 Å². The minimum atomic E-state index is -0.823. The van der Waals surface area contributed by atoms with Crippen molar-refractivity contribution in [3.63, 3.8) is 0 Å². The van der Waals surface area contributed by atoms with Gasteiger partial charge in [0, 0.05) is 5.75 Å². The average Bonchev–Trinajstić information content (AvgIpc) is 2.34. The molecule has 0 aromatic rings. The molecule has 1 saturated heterocycles. The van der Waals surface area contributed by atoms with Gasteiger partial charge >= 0.3 is 6.16 Å². The fraction of sp³-hybridized carbons (Fsp3) is 0.750. The van der Waals surface area contributed by atoms with Gasteiger partial charge in [0.1, 0.15) is 5.38 Å². The third-order valence-corrected chi connectivity index (χ3v) is 3.18. The molecule has 0 radical (unpaired) electrons. The summed E-state index contributed by atoms with van der Waals surface area (Å²) in [6, 6.07) is 0. The Morgan fingerprint density at radius 2 is 2.29 bits per heavy atom. The zero-order chi connectivity index (χ0) is 10.7. The van der Waals surface area contributed by atoms with Crippen LogP contribution in [0.2, 0.25) is 0 Å². The molecular weight excluding hydrogens is 228 g/mol. The number of carbonyl (C=O) groups excluding carboxylic acids is 2. The third-order valence-electron chi connectivity index (χ3n) is 1.47. The number of hydrogen-bond acceptors (Lipinski definition) is 5. The Kier molecular flexibility index (Phi) is 4.07. The molecule has 14 heavy (non-hydrogen) atoms. The van der Waals surface area contributed by atoms with Gasteiger partial charge in [-0.25, -0.2) is 4.79 Å². The van der Waals surface area contributed by atoms with E-state index in [0.717, 1.165) is 0 Å². The van der Waals surface area contributed by atoms with Gasteiger partial charge in [0.05, 0.1) is 6.10 Å². The highest BCUT2D eigenvalue weighted by molar-refractivity contribution is 8.01. The number of halogens is 1. The van der Waals surface area contributed by atoms with Crippen LogP contribution >= 0.6 is 23.4 Å². The predicted molar refractivity (Wildman–Crippen MR) is 53.6 cm³/mol. The van der Waals surface area contributed by atoms with E-state index in [-0.39, 0.29) is 11.9 Å². The molecule has 0 N–H and O–H groups in total.